The van der Waals surface area contributed by atoms with Crippen LogP contribution < -0.4 is 5.32 Å². The van der Waals surface area contributed by atoms with Gasteiger partial charge in [-0.1, -0.05) is 42.7 Å². The second kappa shape index (κ2) is 8.46. The lowest BCUT2D eigenvalue weighted by Gasteiger charge is -2.02. The SMILES string of the molecule is CC(C)c1noc(-c2cccn3c(CNC(=O)/C=C/c4ccc(Cl)cc4)nnc23)n1. The van der Waals surface area contributed by atoms with Gasteiger partial charge in [-0.05, 0) is 35.9 Å². The zero-order chi connectivity index (χ0) is 21.1. The molecule has 9 heteroatoms. The van der Waals surface area contributed by atoms with Crippen LogP contribution in [0.2, 0.25) is 5.02 Å². The second-order valence-corrected chi connectivity index (χ2v) is 7.38. The van der Waals surface area contributed by atoms with E-state index < -0.39 is 0 Å². The van der Waals surface area contributed by atoms with Gasteiger partial charge in [-0.25, -0.2) is 0 Å². The van der Waals surface area contributed by atoms with Crippen LogP contribution in [0.15, 0.2) is 53.2 Å². The number of amides is 1. The molecular formula is C21H19ClN6O2. The smallest absolute Gasteiger partial charge is 0.261 e. The number of halogens is 1. The van der Waals surface area contributed by atoms with Crippen molar-refractivity contribution in [1.29, 1.82) is 0 Å². The minimum absolute atomic E-state index is 0.159. The molecule has 8 nitrogen and oxygen atoms in total. The molecule has 152 valence electrons. The van der Waals surface area contributed by atoms with E-state index in [1.54, 1.807) is 22.6 Å². The Morgan fingerprint density at radius 1 is 1.23 bits per heavy atom. The number of pyridine rings is 1. The Bertz CT molecular complexity index is 1210. The lowest BCUT2D eigenvalue weighted by molar-refractivity contribution is -0.116. The molecule has 4 aromatic rings. The highest BCUT2D eigenvalue weighted by Crippen LogP contribution is 2.23. The van der Waals surface area contributed by atoms with Gasteiger partial charge < -0.3 is 9.84 Å². The first kappa shape index (κ1) is 19.8. The molecule has 3 heterocycles. The molecule has 0 unspecified atom stereocenters. The van der Waals surface area contributed by atoms with Crippen molar-refractivity contribution in [3.8, 4) is 11.5 Å². The topological polar surface area (TPSA) is 98.2 Å². The summed E-state index contributed by atoms with van der Waals surface area (Å²) in [6.07, 6.45) is 5.00. The number of aromatic nitrogens is 5. The van der Waals surface area contributed by atoms with Crippen LogP contribution in [-0.4, -0.2) is 30.6 Å². The van der Waals surface area contributed by atoms with Gasteiger partial charge in [-0.2, -0.15) is 4.98 Å². The third-order valence-corrected chi connectivity index (χ3v) is 4.66. The van der Waals surface area contributed by atoms with Gasteiger partial charge in [0.05, 0.1) is 12.1 Å². The van der Waals surface area contributed by atoms with E-state index in [1.807, 2.05) is 44.3 Å². The van der Waals surface area contributed by atoms with Crippen molar-refractivity contribution in [3.63, 3.8) is 0 Å². The molecule has 0 bridgehead atoms. The van der Waals surface area contributed by atoms with Crippen LogP contribution in [0, 0.1) is 0 Å². The van der Waals surface area contributed by atoms with Gasteiger partial charge in [0.2, 0.25) is 5.91 Å². The van der Waals surface area contributed by atoms with Crippen LogP contribution in [-0.2, 0) is 11.3 Å². The molecule has 1 amide bonds. The van der Waals surface area contributed by atoms with Crippen molar-refractivity contribution in [2.24, 2.45) is 0 Å². The monoisotopic (exact) mass is 422 g/mol. The van der Waals surface area contributed by atoms with Crippen LogP contribution in [0.5, 0.6) is 0 Å². The fourth-order valence-corrected chi connectivity index (χ4v) is 2.93. The normalized spacial score (nSPS) is 11.6. The van der Waals surface area contributed by atoms with E-state index >= 15 is 0 Å². The molecular weight excluding hydrogens is 404 g/mol. The van der Waals surface area contributed by atoms with Gasteiger partial charge in [-0.3, -0.25) is 9.20 Å². The molecule has 0 spiro atoms. The number of carbonyl (C=O) groups is 1. The van der Waals surface area contributed by atoms with Crippen molar-refractivity contribution in [2.45, 2.75) is 26.3 Å². The summed E-state index contributed by atoms with van der Waals surface area (Å²) in [6, 6.07) is 10.9. The van der Waals surface area contributed by atoms with Crippen molar-refractivity contribution in [1.82, 2.24) is 30.1 Å². The average molecular weight is 423 g/mol. The number of carbonyl (C=O) groups excluding carboxylic acids is 1. The first-order valence-electron chi connectivity index (χ1n) is 9.39. The van der Waals surface area contributed by atoms with Gasteiger partial charge in [0.25, 0.3) is 5.89 Å². The Balaban J connectivity index is 1.48. The summed E-state index contributed by atoms with van der Waals surface area (Å²) >= 11 is 5.86. The lowest BCUT2D eigenvalue weighted by atomic mass is 10.2. The number of benzene rings is 1. The molecule has 1 aromatic carbocycles. The summed E-state index contributed by atoms with van der Waals surface area (Å²) in [7, 11) is 0. The van der Waals surface area contributed by atoms with Crippen molar-refractivity contribution in [2.75, 3.05) is 0 Å². The maximum Gasteiger partial charge on any atom is 0.261 e. The van der Waals surface area contributed by atoms with Crippen molar-refractivity contribution < 1.29 is 9.32 Å². The highest BCUT2D eigenvalue weighted by molar-refractivity contribution is 6.30. The quantitative estimate of drug-likeness (QED) is 0.473. The molecule has 0 saturated heterocycles. The van der Waals surface area contributed by atoms with Gasteiger partial charge >= 0.3 is 0 Å². The summed E-state index contributed by atoms with van der Waals surface area (Å²) in [4.78, 5) is 16.6. The molecule has 0 radical (unpaired) electrons. The first-order valence-corrected chi connectivity index (χ1v) is 9.77. The number of nitrogens with zero attached hydrogens (tertiary/aromatic N) is 5. The Labute approximate surface area is 177 Å². The maximum atomic E-state index is 12.2. The third-order valence-electron chi connectivity index (χ3n) is 4.41. The van der Waals surface area contributed by atoms with Crippen molar-refractivity contribution in [3.05, 3.63) is 70.9 Å². The molecule has 0 aliphatic carbocycles. The summed E-state index contributed by atoms with van der Waals surface area (Å²) in [5.74, 6) is 1.52. The summed E-state index contributed by atoms with van der Waals surface area (Å²) in [5, 5.41) is 15.9. The largest absolute Gasteiger partial charge is 0.345 e. The average Bonchev–Trinajstić information content (AvgIpc) is 3.39. The summed E-state index contributed by atoms with van der Waals surface area (Å²) in [5.41, 5.74) is 2.15. The van der Waals surface area contributed by atoms with E-state index in [9.17, 15) is 4.79 Å². The molecule has 0 aliphatic heterocycles. The van der Waals surface area contributed by atoms with Crippen molar-refractivity contribution >= 4 is 29.2 Å². The predicted molar refractivity (Wildman–Crippen MR) is 113 cm³/mol. The fourth-order valence-electron chi connectivity index (χ4n) is 2.80. The van der Waals surface area contributed by atoms with Gasteiger partial charge in [0, 0.05) is 23.2 Å². The standard InChI is InChI=1S/C21H19ClN6O2/c1-13(2)19-24-21(30-27-19)16-4-3-11-28-17(25-26-20(16)28)12-23-18(29)10-7-14-5-8-15(22)9-6-14/h3-11,13H,12H2,1-2H3,(H,23,29)/b10-7+. The van der Waals surface area contributed by atoms with Gasteiger partial charge in [-0.15, -0.1) is 10.2 Å². The predicted octanol–water partition coefficient (Wildman–Crippen LogP) is 3.89. The molecule has 0 atom stereocenters. The highest BCUT2D eigenvalue weighted by atomic mass is 35.5. The first-order chi connectivity index (χ1) is 14.5. The Kier molecular flexibility index (Phi) is 5.58. The highest BCUT2D eigenvalue weighted by Gasteiger charge is 2.17. The van der Waals surface area contributed by atoms with E-state index in [1.165, 1.54) is 6.08 Å². The summed E-state index contributed by atoms with van der Waals surface area (Å²) in [6.45, 7) is 4.21. The number of nitrogens with one attached hydrogen (secondary N) is 1. The zero-order valence-corrected chi connectivity index (χ0v) is 17.2. The number of hydrogen-bond donors (Lipinski definition) is 1. The van der Waals surface area contributed by atoms with Crippen LogP contribution in [0.25, 0.3) is 23.2 Å². The fraction of sp³-hybridized carbons (Fsp3) is 0.190. The molecule has 0 aliphatic rings. The minimum atomic E-state index is -0.240. The van der Waals surface area contributed by atoms with Crippen LogP contribution in [0.3, 0.4) is 0 Å². The second-order valence-electron chi connectivity index (χ2n) is 6.95. The molecule has 0 fully saturated rings. The van der Waals surface area contributed by atoms with E-state index in [-0.39, 0.29) is 18.4 Å². The van der Waals surface area contributed by atoms with Gasteiger partial charge in [0.1, 0.15) is 0 Å². The Hall–Kier alpha value is -3.52. The van der Waals surface area contributed by atoms with E-state index in [0.29, 0.717) is 33.8 Å². The molecule has 3 aromatic heterocycles. The van der Waals surface area contributed by atoms with Crippen LogP contribution in [0.4, 0.5) is 0 Å². The Morgan fingerprint density at radius 2 is 2.03 bits per heavy atom. The van der Waals surface area contributed by atoms with Gasteiger partial charge in [0.15, 0.2) is 17.3 Å². The van der Waals surface area contributed by atoms with Crippen LogP contribution >= 0.6 is 11.6 Å². The molecule has 30 heavy (non-hydrogen) atoms. The van der Waals surface area contributed by atoms with E-state index in [0.717, 1.165) is 5.56 Å². The number of rotatable bonds is 6. The molecule has 1 N–H and O–H groups in total. The lowest BCUT2D eigenvalue weighted by Crippen LogP contribution is -2.21. The minimum Gasteiger partial charge on any atom is -0.345 e. The Morgan fingerprint density at radius 3 is 2.77 bits per heavy atom. The van der Waals surface area contributed by atoms with E-state index in [4.69, 9.17) is 16.1 Å². The molecule has 4 rings (SSSR count). The number of hydrogen-bond acceptors (Lipinski definition) is 6. The van der Waals surface area contributed by atoms with E-state index in [2.05, 4.69) is 25.7 Å². The maximum absolute atomic E-state index is 12.2. The summed E-state index contributed by atoms with van der Waals surface area (Å²) < 4.78 is 7.17. The third kappa shape index (κ3) is 4.23. The van der Waals surface area contributed by atoms with Crippen LogP contribution in [0.1, 0.15) is 37.0 Å². The zero-order valence-electron chi connectivity index (χ0n) is 16.4. The molecule has 0 saturated carbocycles. The number of fused-ring (bicyclic) bond motifs is 1.